The minimum atomic E-state index is -0.980. The highest BCUT2D eigenvalue weighted by atomic mass is 16.6. The number of esters is 1. The molecule has 1 atom stereocenters. The van der Waals surface area contributed by atoms with E-state index in [1.54, 1.807) is 0 Å². The van der Waals surface area contributed by atoms with E-state index in [0.29, 0.717) is 0 Å². The average Bonchev–Trinajstić information content (AvgIpc) is 2.06. The van der Waals surface area contributed by atoms with Crippen molar-refractivity contribution in [2.45, 2.75) is 51.2 Å². The SMILES string of the molecule is C[C@H](O)C(=O)OC1CCCCC1. The molecule has 0 unspecified atom stereocenters. The van der Waals surface area contributed by atoms with E-state index in [1.165, 1.54) is 13.3 Å². The predicted octanol–water partition coefficient (Wildman–Crippen LogP) is 1.24. The molecule has 1 aliphatic rings. The van der Waals surface area contributed by atoms with Gasteiger partial charge in [-0.15, -0.1) is 0 Å². The zero-order chi connectivity index (χ0) is 8.97. The first-order valence-corrected chi connectivity index (χ1v) is 4.58. The normalized spacial score (nSPS) is 21.8. The Bertz CT molecular complexity index is 148. The first kappa shape index (κ1) is 9.52. The van der Waals surface area contributed by atoms with Crippen molar-refractivity contribution >= 4 is 5.97 Å². The summed E-state index contributed by atoms with van der Waals surface area (Å²) < 4.78 is 5.06. The molecular weight excluding hydrogens is 156 g/mol. The molecule has 0 bridgehead atoms. The van der Waals surface area contributed by atoms with Crippen molar-refractivity contribution in [2.24, 2.45) is 0 Å². The number of rotatable bonds is 2. The van der Waals surface area contributed by atoms with Gasteiger partial charge in [-0.2, -0.15) is 0 Å². The van der Waals surface area contributed by atoms with Gasteiger partial charge in [-0.25, -0.2) is 4.79 Å². The van der Waals surface area contributed by atoms with Crippen LogP contribution in [0.15, 0.2) is 0 Å². The van der Waals surface area contributed by atoms with Crippen molar-refractivity contribution in [3.63, 3.8) is 0 Å². The van der Waals surface area contributed by atoms with Crippen molar-refractivity contribution in [1.29, 1.82) is 0 Å². The molecule has 3 heteroatoms. The molecule has 0 spiro atoms. The monoisotopic (exact) mass is 172 g/mol. The maximum atomic E-state index is 10.9. The quantitative estimate of drug-likeness (QED) is 0.637. The maximum Gasteiger partial charge on any atom is 0.334 e. The van der Waals surface area contributed by atoms with Crippen LogP contribution in [0.5, 0.6) is 0 Å². The maximum absolute atomic E-state index is 10.9. The van der Waals surface area contributed by atoms with Gasteiger partial charge < -0.3 is 9.84 Å². The van der Waals surface area contributed by atoms with Crippen LogP contribution in [0.4, 0.5) is 0 Å². The number of aliphatic hydroxyl groups is 1. The molecule has 1 rings (SSSR count). The zero-order valence-electron chi connectivity index (χ0n) is 7.45. The summed E-state index contributed by atoms with van der Waals surface area (Å²) in [5, 5.41) is 8.88. The van der Waals surface area contributed by atoms with Gasteiger partial charge in [0.15, 0.2) is 0 Å². The van der Waals surface area contributed by atoms with E-state index in [9.17, 15) is 4.79 Å². The van der Waals surface area contributed by atoms with Gasteiger partial charge in [0, 0.05) is 0 Å². The minimum absolute atomic E-state index is 0.0563. The molecule has 1 saturated carbocycles. The highest BCUT2D eigenvalue weighted by Crippen LogP contribution is 2.20. The zero-order valence-corrected chi connectivity index (χ0v) is 7.45. The summed E-state index contributed by atoms with van der Waals surface area (Å²) >= 11 is 0. The van der Waals surface area contributed by atoms with E-state index in [0.717, 1.165) is 25.7 Å². The van der Waals surface area contributed by atoms with Crippen molar-refractivity contribution < 1.29 is 14.6 Å². The Morgan fingerprint density at radius 3 is 2.50 bits per heavy atom. The summed E-state index contributed by atoms with van der Waals surface area (Å²) in [6.07, 6.45) is 4.50. The van der Waals surface area contributed by atoms with Gasteiger partial charge >= 0.3 is 5.97 Å². The Morgan fingerprint density at radius 2 is 2.00 bits per heavy atom. The number of hydrogen-bond acceptors (Lipinski definition) is 3. The number of carbonyl (C=O) groups excluding carboxylic acids is 1. The lowest BCUT2D eigenvalue weighted by Crippen LogP contribution is -2.27. The Balaban J connectivity index is 2.24. The van der Waals surface area contributed by atoms with Crippen LogP contribution in [-0.4, -0.2) is 23.3 Å². The van der Waals surface area contributed by atoms with Crippen molar-refractivity contribution in [3.05, 3.63) is 0 Å². The van der Waals surface area contributed by atoms with Crippen molar-refractivity contribution in [2.75, 3.05) is 0 Å². The minimum Gasteiger partial charge on any atom is -0.460 e. The van der Waals surface area contributed by atoms with Crippen molar-refractivity contribution in [1.82, 2.24) is 0 Å². The molecule has 1 N–H and O–H groups in total. The molecule has 0 saturated heterocycles. The van der Waals surface area contributed by atoms with Crippen molar-refractivity contribution in [3.8, 4) is 0 Å². The second-order valence-electron chi connectivity index (χ2n) is 3.37. The summed E-state index contributed by atoms with van der Waals surface area (Å²) in [6, 6.07) is 0. The Labute approximate surface area is 72.7 Å². The summed E-state index contributed by atoms with van der Waals surface area (Å²) in [7, 11) is 0. The van der Waals surface area contributed by atoms with E-state index in [-0.39, 0.29) is 6.10 Å². The first-order chi connectivity index (χ1) is 5.70. The van der Waals surface area contributed by atoms with Gasteiger partial charge in [0.1, 0.15) is 12.2 Å². The third kappa shape index (κ3) is 2.81. The lowest BCUT2D eigenvalue weighted by molar-refractivity contribution is -0.159. The fourth-order valence-corrected chi connectivity index (χ4v) is 1.45. The van der Waals surface area contributed by atoms with E-state index >= 15 is 0 Å². The van der Waals surface area contributed by atoms with E-state index < -0.39 is 12.1 Å². The molecular formula is C9H16O3. The van der Waals surface area contributed by atoms with Crippen LogP contribution in [0.1, 0.15) is 39.0 Å². The standard InChI is InChI=1S/C9H16O3/c1-7(10)9(11)12-8-5-3-2-4-6-8/h7-8,10H,2-6H2,1H3/t7-/m0/s1. The molecule has 0 aromatic heterocycles. The third-order valence-electron chi connectivity index (χ3n) is 2.18. The smallest absolute Gasteiger partial charge is 0.334 e. The number of aliphatic hydroxyl groups excluding tert-OH is 1. The molecule has 0 heterocycles. The Morgan fingerprint density at radius 1 is 1.42 bits per heavy atom. The highest BCUT2D eigenvalue weighted by Gasteiger charge is 2.19. The van der Waals surface area contributed by atoms with Crippen LogP contribution < -0.4 is 0 Å². The number of ether oxygens (including phenoxy) is 1. The van der Waals surface area contributed by atoms with Crippen LogP contribution in [0.2, 0.25) is 0 Å². The van der Waals surface area contributed by atoms with Gasteiger partial charge in [-0.05, 0) is 32.6 Å². The van der Waals surface area contributed by atoms with E-state index in [4.69, 9.17) is 9.84 Å². The number of carbonyl (C=O) groups is 1. The molecule has 3 nitrogen and oxygen atoms in total. The molecule has 0 aromatic carbocycles. The Kier molecular flexibility index (Phi) is 3.53. The summed E-state index contributed by atoms with van der Waals surface area (Å²) in [5.74, 6) is -0.484. The van der Waals surface area contributed by atoms with Crippen LogP contribution in [-0.2, 0) is 9.53 Å². The van der Waals surface area contributed by atoms with Crippen LogP contribution in [0.3, 0.4) is 0 Å². The van der Waals surface area contributed by atoms with Gasteiger partial charge in [0.2, 0.25) is 0 Å². The first-order valence-electron chi connectivity index (χ1n) is 4.58. The summed E-state index contributed by atoms with van der Waals surface area (Å²) in [6.45, 7) is 1.44. The van der Waals surface area contributed by atoms with Crippen LogP contribution >= 0.6 is 0 Å². The molecule has 1 fully saturated rings. The third-order valence-corrected chi connectivity index (χ3v) is 2.18. The second-order valence-corrected chi connectivity index (χ2v) is 3.37. The predicted molar refractivity (Wildman–Crippen MR) is 44.6 cm³/mol. The number of hydrogen-bond donors (Lipinski definition) is 1. The van der Waals surface area contributed by atoms with Crippen LogP contribution in [0.25, 0.3) is 0 Å². The van der Waals surface area contributed by atoms with Gasteiger partial charge in [0.25, 0.3) is 0 Å². The average molecular weight is 172 g/mol. The summed E-state index contributed by atoms with van der Waals surface area (Å²) in [5.41, 5.74) is 0. The highest BCUT2D eigenvalue weighted by molar-refractivity contribution is 5.73. The summed E-state index contributed by atoms with van der Waals surface area (Å²) in [4.78, 5) is 10.9. The lowest BCUT2D eigenvalue weighted by Gasteiger charge is -2.22. The molecule has 0 aliphatic heterocycles. The van der Waals surface area contributed by atoms with Gasteiger partial charge in [-0.1, -0.05) is 6.42 Å². The molecule has 70 valence electrons. The van der Waals surface area contributed by atoms with Crippen LogP contribution in [0, 0.1) is 0 Å². The molecule has 12 heavy (non-hydrogen) atoms. The molecule has 0 radical (unpaired) electrons. The fourth-order valence-electron chi connectivity index (χ4n) is 1.45. The Hall–Kier alpha value is -0.570. The second kappa shape index (κ2) is 4.45. The molecule has 0 aromatic rings. The van der Waals surface area contributed by atoms with E-state index in [1.807, 2.05) is 0 Å². The van der Waals surface area contributed by atoms with Gasteiger partial charge in [-0.3, -0.25) is 0 Å². The van der Waals surface area contributed by atoms with Gasteiger partial charge in [0.05, 0.1) is 0 Å². The fraction of sp³-hybridized carbons (Fsp3) is 0.889. The molecule has 1 aliphatic carbocycles. The lowest BCUT2D eigenvalue weighted by atomic mass is 9.98. The topological polar surface area (TPSA) is 46.5 Å². The van der Waals surface area contributed by atoms with E-state index in [2.05, 4.69) is 0 Å². The largest absolute Gasteiger partial charge is 0.460 e. The molecule has 0 amide bonds.